The quantitative estimate of drug-likeness (QED) is 0.854. The molecule has 0 bridgehead atoms. The van der Waals surface area contributed by atoms with E-state index < -0.39 is 0 Å². The molecule has 0 spiro atoms. The molecule has 0 aliphatic heterocycles. The van der Waals surface area contributed by atoms with Crippen LogP contribution >= 0.6 is 23.3 Å². The highest BCUT2D eigenvalue weighted by atomic mass is 32.2. The van der Waals surface area contributed by atoms with Gasteiger partial charge in [-0.15, -0.1) is 0 Å². The number of aryl methyl sites for hydroxylation is 1. The molecule has 0 aliphatic carbocycles. The lowest BCUT2D eigenvalue weighted by molar-refractivity contribution is 0.411. The fourth-order valence-corrected chi connectivity index (χ4v) is 3.17. The van der Waals surface area contributed by atoms with Gasteiger partial charge in [-0.25, -0.2) is 4.98 Å². The first-order valence-corrected chi connectivity index (χ1v) is 7.28. The average Bonchev–Trinajstić information content (AvgIpc) is 2.81. The van der Waals surface area contributed by atoms with Gasteiger partial charge in [0.2, 0.25) is 0 Å². The monoisotopic (exact) mass is 281 g/mol. The van der Waals surface area contributed by atoms with Gasteiger partial charge in [0.05, 0.1) is 7.11 Å². The van der Waals surface area contributed by atoms with Gasteiger partial charge in [-0.3, -0.25) is 0 Å². The number of nitrogens with two attached hydrogens (primary N) is 1. The molecule has 1 aromatic heterocycles. The molecule has 0 saturated heterocycles. The van der Waals surface area contributed by atoms with Crippen molar-refractivity contribution in [1.29, 1.82) is 0 Å². The van der Waals surface area contributed by atoms with Gasteiger partial charge in [0.15, 0.2) is 4.34 Å². The highest BCUT2D eigenvalue weighted by molar-refractivity contribution is 8.00. The first kappa shape index (κ1) is 13.3. The van der Waals surface area contributed by atoms with E-state index in [1.165, 1.54) is 11.5 Å². The maximum absolute atomic E-state index is 5.65. The third-order valence-corrected chi connectivity index (χ3v) is 4.41. The number of rotatable bonds is 5. The Kier molecular flexibility index (Phi) is 4.57. The summed E-state index contributed by atoms with van der Waals surface area (Å²) in [4.78, 5) is 4.33. The number of ether oxygens (including phenoxy) is 1. The smallest absolute Gasteiger partial charge is 0.170 e. The molecule has 0 aliphatic rings. The molecule has 0 atom stereocenters. The second-order valence-corrected chi connectivity index (χ2v) is 5.72. The van der Waals surface area contributed by atoms with E-state index in [-0.39, 0.29) is 0 Å². The Bertz CT molecular complexity index is 528. The van der Waals surface area contributed by atoms with Crippen LogP contribution < -0.4 is 10.5 Å². The maximum Gasteiger partial charge on any atom is 0.170 e. The number of nitrogens with zero attached hydrogens (tertiary/aromatic N) is 2. The van der Waals surface area contributed by atoms with E-state index >= 15 is 0 Å². The molecule has 4 nitrogen and oxygen atoms in total. The van der Waals surface area contributed by atoms with E-state index in [1.807, 2.05) is 19.1 Å². The van der Waals surface area contributed by atoms with Crippen molar-refractivity contribution in [3.05, 3.63) is 35.2 Å². The maximum atomic E-state index is 5.65. The molecule has 2 aromatic rings. The van der Waals surface area contributed by atoms with Gasteiger partial charge in [-0.05, 0) is 36.2 Å². The average molecular weight is 281 g/mol. The van der Waals surface area contributed by atoms with E-state index in [1.54, 1.807) is 18.9 Å². The van der Waals surface area contributed by atoms with Crippen LogP contribution in [0.15, 0.2) is 22.5 Å². The molecule has 18 heavy (non-hydrogen) atoms. The van der Waals surface area contributed by atoms with Crippen molar-refractivity contribution >= 4 is 23.3 Å². The zero-order chi connectivity index (χ0) is 13.0. The summed E-state index contributed by atoms with van der Waals surface area (Å²) in [7, 11) is 1.68. The summed E-state index contributed by atoms with van der Waals surface area (Å²) >= 11 is 3.10. The Morgan fingerprint density at radius 1 is 1.44 bits per heavy atom. The molecule has 96 valence electrons. The van der Waals surface area contributed by atoms with Crippen LogP contribution in [-0.4, -0.2) is 16.5 Å². The van der Waals surface area contributed by atoms with Gasteiger partial charge >= 0.3 is 0 Å². The van der Waals surface area contributed by atoms with Crippen LogP contribution in [-0.2, 0) is 12.3 Å². The van der Waals surface area contributed by atoms with E-state index in [0.29, 0.717) is 6.54 Å². The molecule has 6 heteroatoms. The van der Waals surface area contributed by atoms with Gasteiger partial charge in [-0.2, -0.15) is 4.37 Å². The first-order valence-electron chi connectivity index (χ1n) is 5.52. The molecule has 0 fully saturated rings. The Hall–Kier alpha value is -1.11. The van der Waals surface area contributed by atoms with Gasteiger partial charge in [-0.1, -0.05) is 17.8 Å². The van der Waals surface area contributed by atoms with Crippen LogP contribution in [0.4, 0.5) is 0 Å². The summed E-state index contributed by atoms with van der Waals surface area (Å²) < 4.78 is 10.5. The Morgan fingerprint density at radius 2 is 2.28 bits per heavy atom. The first-order chi connectivity index (χ1) is 8.72. The molecular weight excluding hydrogens is 266 g/mol. The molecule has 0 radical (unpaired) electrons. The van der Waals surface area contributed by atoms with Crippen LogP contribution in [0.2, 0.25) is 0 Å². The van der Waals surface area contributed by atoms with E-state index in [2.05, 4.69) is 15.4 Å². The second-order valence-electron chi connectivity index (χ2n) is 3.75. The predicted molar refractivity (Wildman–Crippen MR) is 75.1 cm³/mol. The standard InChI is InChI=1S/C12H15N3OS2/c1-8-14-12(18-15-8)17-7-10-5-9(6-13)3-4-11(10)16-2/h3-5H,6-7,13H2,1-2H3. The highest BCUT2D eigenvalue weighted by Gasteiger charge is 2.07. The SMILES string of the molecule is COc1ccc(CN)cc1CSc1nc(C)ns1. The van der Waals surface area contributed by atoms with E-state index in [0.717, 1.165) is 32.8 Å². The van der Waals surface area contributed by atoms with Gasteiger partial charge in [0.25, 0.3) is 0 Å². The molecular formula is C12H15N3OS2. The number of methoxy groups -OCH3 is 1. The fourth-order valence-electron chi connectivity index (χ4n) is 1.55. The van der Waals surface area contributed by atoms with Crippen LogP contribution in [0, 0.1) is 6.92 Å². The Morgan fingerprint density at radius 3 is 2.89 bits per heavy atom. The minimum absolute atomic E-state index is 0.541. The van der Waals surface area contributed by atoms with Crippen molar-refractivity contribution in [2.45, 2.75) is 23.6 Å². The van der Waals surface area contributed by atoms with Gasteiger partial charge < -0.3 is 10.5 Å². The lowest BCUT2D eigenvalue weighted by Gasteiger charge is -2.09. The van der Waals surface area contributed by atoms with Crippen LogP contribution in [0.5, 0.6) is 5.75 Å². The molecule has 2 N–H and O–H groups in total. The lowest BCUT2D eigenvalue weighted by Crippen LogP contribution is -1.98. The molecule has 1 heterocycles. The molecule has 0 unspecified atom stereocenters. The minimum Gasteiger partial charge on any atom is -0.496 e. The molecule has 0 saturated carbocycles. The summed E-state index contributed by atoms with van der Waals surface area (Å²) in [5.41, 5.74) is 7.90. The third kappa shape index (κ3) is 3.22. The predicted octanol–water partition coefficient (Wildman–Crippen LogP) is 2.61. The van der Waals surface area contributed by atoms with Crippen LogP contribution in [0.3, 0.4) is 0 Å². The van der Waals surface area contributed by atoms with E-state index in [9.17, 15) is 0 Å². The van der Waals surface area contributed by atoms with E-state index in [4.69, 9.17) is 10.5 Å². The van der Waals surface area contributed by atoms with Crippen molar-refractivity contribution in [3.63, 3.8) is 0 Å². The van der Waals surface area contributed by atoms with Crippen molar-refractivity contribution in [2.24, 2.45) is 5.73 Å². The largest absolute Gasteiger partial charge is 0.496 e. The molecule has 0 amide bonds. The summed E-state index contributed by atoms with van der Waals surface area (Å²) in [6.07, 6.45) is 0. The normalized spacial score (nSPS) is 10.6. The zero-order valence-corrected chi connectivity index (χ0v) is 12.0. The number of hydrogen-bond acceptors (Lipinski definition) is 6. The highest BCUT2D eigenvalue weighted by Crippen LogP contribution is 2.29. The fraction of sp³-hybridized carbons (Fsp3) is 0.333. The van der Waals surface area contributed by atoms with Crippen molar-refractivity contribution in [3.8, 4) is 5.75 Å². The van der Waals surface area contributed by atoms with Gasteiger partial charge in [0.1, 0.15) is 11.6 Å². The Balaban J connectivity index is 2.11. The second kappa shape index (κ2) is 6.17. The Labute approximate surface area is 115 Å². The summed E-state index contributed by atoms with van der Waals surface area (Å²) in [6, 6.07) is 6.03. The molecule has 1 aromatic carbocycles. The zero-order valence-electron chi connectivity index (χ0n) is 10.3. The van der Waals surface area contributed by atoms with Gasteiger partial charge in [0, 0.05) is 17.9 Å². The topological polar surface area (TPSA) is 61.0 Å². The van der Waals surface area contributed by atoms with Crippen molar-refractivity contribution < 1.29 is 4.74 Å². The van der Waals surface area contributed by atoms with Crippen molar-refractivity contribution in [1.82, 2.24) is 9.36 Å². The third-order valence-electron chi connectivity index (χ3n) is 2.44. The summed E-state index contributed by atoms with van der Waals surface area (Å²) in [6.45, 7) is 2.44. The summed E-state index contributed by atoms with van der Waals surface area (Å²) in [5, 5.41) is 0. The van der Waals surface area contributed by atoms with Crippen LogP contribution in [0.1, 0.15) is 17.0 Å². The summed E-state index contributed by atoms with van der Waals surface area (Å²) in [5.74, 6) is 2.53. The molecule has 2 rings (SSSR count). The van der Waals surface area contributed by atoms with Crippen LogP contribution in [0.25, 0.3) is 0 Å². The lowest BCUT2D eigenvalue weighted by atomic mass is 10.1. The number of hydrogen-bond donors (Lipinski definition) is 1. The number of aromatic nitrogens is 2. The van der Waals surface area contributed by atoms with Crippen molar-refractivity contribution in [2.75, 3.05) is 7.11 Å². The minimum atomic E-state index is 0.541. The number of thioether (sulfide) groups is 1. The number of benzene rings is 1.